The molecule has 2 aromatic carbocycles. The third kappa shape index (κ3) is 2.64. The summed E-state index contributed by atoms with van der Waals surface area (Å²) in [7, 11) is 0. The minimum absolute atomic E-state index is 0.0576. The molecule has 0 aliphatic heterocycles. The van der Waals surface area contributed by atoms with Crippen LogP contribution in [0.4, 0.5) is 17.6 Å². The van der Waals surface area contributed by atoms with E-state index in [-0.39, 0.29) is 17.6 Å². The summed E-state index contributed by atoms with van der Waals surface area (Å²) in [5, 5.41) is 0. The summed E-state index contributed by atoms with van der Waals surface area (Å²) < 4.78 is 57.5. The van der Waals surface area contributed by atoms with Gasteiger partial charge in [-0.15, -0.1) is 0 Å². The van der Waals surface area contributed by atoms with Gasteiger partial charge in [0.2, 0.25) is 17.4 Å². The van der Waals surface area contributed by atoms with E-state index in [2.05, 4.69) is 0 Å². The molecule has 0 fully saturated rings. The standard InChI is InChI=1S/C14H8F4O2/c1-7(19)8-2-4-9(5-3-8)20-14-12(17)10(15)6-11(16)13(14)18/h2-6H,1H3. The molecule has 0 aliphatic rings. The Morgan fingerprint density at radius 1 is 0.950 bits per heavy atom. The molecule has 0 spiro atoms. The second-order valence-corrected chi connectivity index (χ2v) is 3.98. The topological polar surface area (TPSA) is 26.3 Å². The van der Waals surface area contributed by atoms with Crippen LogP contribution in [0.25, 0.3) is 0 Å². The van der Waals surface area contributed by atoms with Crippen LogP contribution in [0.5, 0.6) is 11.5 Å². The van der Waals surface area contributed by atoms with Crippen molar-refractivity contribution in [2.45, 2.75) is 6.92 Å². The molecule has 20 heavy (non-hydrogen) atoms. The minimum Gasteiger partial charge on any atom is -0.451 e. The summed E-state index contributed by atoms with van der Waals surface area (Å²) in [6, 6.07) is 5.35. The van der Waals surface area contributed by atoms with E-state index in [0.717, 1.165) is 0 Å². The van der Waals surface area contributed by atoms with Gasteiger partial charge in [0, 0.05) is 11.6 Å². The molecule has 0 amide bonds. The van der Waals surface area contributed by atoms with Crippen LogP contribution in [0.2, 0.25) is 0 Å². The summed E-state index contributed by atoms with van der Waals surface area (Å²) in [6.45, 7) is 1.34. The molecule has 0 aliphatic carbocycles. The van der Waals surface area contributed by atoms with E-state index in [9.17, 15) is 22.4 Å². The Morgan fingerprint density at radius 3 is 1.90 bits per heavy atom. The summed E-state index contributed by atoms with van der Waals surface area (Å²) in [5.74, 6) is -7.79. The first-order valence-corrected chi connectivity index (χ1v) is 5.52. The fraction of sp³-hybridized carbons (Fsp3) is 0.0714. The van der Waals surface area contributed by atoms with Crippen molar-refractivity contribution in [1.82, 2.24) is 0 Å². The third-order valence-electron chi connectivity index (χ3n) is 2.55. The smallest absolute Gasteiger partial charge is 0.204 e. The normalized spacial score (nSPS) is 10.4. The van der Waals surface area contributed by atoms with Gasteiger partial charge >= 0.3 is 0 Å². The van der Waals surface area contributed by atoms with Gasteiger partial charge in [0.25, 0.3) is 0 Å². The van der Waals surface area contributed by atoms with Crippen LogP contribution in [0.3, 0.4) is 0 Å². The van der Waals surface area contributed by atoms with Gasteiger partial charge in [-0.25, -0.2) is 8.78 Å². The first-order chi connectivity index (χ1) is 9.40. The average molecular weight is 284 g/mol. The molecule has 0 aromatic heterocycles. The maximum Gasteiger partial charge on any atom is 0.204 e. The number of benzene rings is 2. The van der Waals surface area contributed by atoms with Gasteiger partial charge < -0.3 is 4.74 Å². The highest BCUT2D eigenvalue weighted by molar-refractivity contribution is 5.94. The molecule has 0 atom stereocenters. The Balaban J connectivity index is 2.37. The summed E-state index contributed by atoms with van der Waals surface area (Å²) in [5.41, 5.74) is 0.365. The Morgan fingerprint density at radius 2 is 1.45 bits per heavy atom. The molecule has 0 heterocycles. The molecule has 0 radical (unpaired) electrons. The van der Waals surface area contributed by atoms with Gasteiger partial charge in [-0.1, -0.05) is 0 Å². The second kappa shape index (κ2) is 5.32. The zero-order valence-electron chi connectivity index (χ0n) is 10.2. The van der Waals surface area contributed by atoms with Crippen molar-refractivity contribution in [3.8, 4) is 11.5 Å². The van der Waals surface area contributed by atoms with E-state index >= 15 is 0 Å². The predicted molar refractivity (Wildman–Crippen MR) is 62.8 cm³/mol. The number of carbonyl (C=O) groups excluding carboxylic acids is 1. The highest BCUT2D eigenvalue weighted by Gasteiger charge is 2.21. The number of carbonyl (C=O) groups is 1. The lowest BCUT2D eigenvalue weighted by molar-refractivity contribution is 0.101. The molecule has 104 valence electrons. The van der Waals surface area contributed by atoms with Crippen LogP contribution in [0.15, 0.2) is 30.3 Å². The SMILES string of the molecule is CC(=O)c1ccc(Oc2c(F)c(F)cc(F)c2F)cc1. The molecular weight excluding hydrogens is 276 g/mol. The van der Waals surface area contributed by atoms with Gasteiger partial charge in [-0.05, 0) is 31.2 Å². The van der Waals surface area contributed by atoms with Crippen molar-refractivity contribution in [3.05, 3.63) is 59.2 Å². The summed E-state index contributed by atoms with van der Waals surface area (Å²) in [6.07, 6.45) is 0. The fourth-order valence-corrected chi connectivity index (χ4v) is 1.52. The first kappa shape index (κ1) is 14.0. The zero-order chi connectivity index (χ0) is 14.9. The zero-order valence-corrected chi connectivity index (χ0v) is 10.2. The van der Waals surface area contributed by atoms with E-state index < -0.39 is 29.0 Å². The molecule has 6 heteroatoms. The van der Waals surface area contributed by atoms with Gasteiger partial charge in [-0.3, -0.25) is 4.79 Å². The monoisotopic (exact) mass is 284 g/mol. The second-order valence-electron chi connectivity index (χ2n) is 3.98. The van der Waals surface area contributed by atoms with Crippen molar-refractivity contribution >= 4 is 5.78 Å². The molecule has 0 bridgehead atoms. The van der Waals surface area contributed by atoms with Crippen LogP contribution in [-0.4, -0.2) is 5.78 Å². The van der Waals surface area contributed by atoms with Gasteiger partial charge in [0.15, 0.2) is 17.4 Å². The lowest BCUT2D eigenvalue weighted by Crippen LogP contribution is -1.99. The van der Waals surface area contributed by atoms with E-state index in [1.165, 1.54) is 31.2 Å². The average Bonchev–Trinajstić information content (AvgIpc) is 2.42. The number of ketones is 1. The maximum atomic E-state index is 13.4. The quantitative estimate of drug-likeness (QED) is 0.479. The number of hydrogen-bond donors (Lipinski definition) is 0. The highest BCUT2D eigenvalue weighted by Crippen LogP contribution is 2.30. The molecule has 0 N–H and O–H groups in total. The van der Waals surface area contributed by atoms with Crippen LogP contribution < -0.4 is 4.74 Å². The summed E-state index contributed by atoms with van der Waals surface area (Å²) in [4.78, 5) is 11.1. The number of halogens is 4. The minimum atomic E-state index is -1.63. The number of ether oxygens (including phenoxy) is 1. The molecule has 0 saturated heterocycles. The van der Waals surface area contributed by atoms with Crippen LogP contribution in [-0.2, 0) is 0 Å². The van der Waals surface area contributed by atoms with Crippen LogP contribution in [0, 0.1) is 23.3 Å². The number of Topliss-reactive ketones (excluding diaryl/α,β-unsaturated/α-hetero) is 1. The van der Waals surface area contributed by atoms with Crippen molar-refractivity contribution in [2.75, 3.05) is 0 Å². The number of hydrogen-bond acceptors (Lipinski definition) is 2. The Bertz CT molecular complexity index is 640. The van der Waals surface area contributed by atoms with E-state index in [1.54, 1.807) is 0 Å². The lowest BCUT2D eigenvalue weighted by Gasteiger charge is -2.09. The molecule has 2 rings (SSSR count). The molecule has 0 unspecified atom stereocenters. The van der Waals surface area contributed by atoms with E-state index in [1.807, 2.05) is 0 Å². The third-order valence-corrected chi connectivity index (χ3v) is 2.55. The fourth-order valence-electron chi connectivity index (χ4n) is 1.52. The predicted octanol–water partition coefficient (Wildman–Crippen LogP) is 4.24. The number of rotatable bonds is 3. The van der Waals surface area contributed by atoms with Gasteiger partial charge in [-0.2, -0.15) is 8.78 Å². The molecular formula is C14H8F4O2. The molecule has 2 aromatic rings. The van der Waals surface area contributed by atoms with Crippen molar-refractivity contribution in [2.24, 2.45) is 0 Å². The first-order valence-electron chi connectivity index (χ1n) is 5.52. The maximum absolute atomic E-state index is 13.4. The van der Waals surface area contributed by atoms with Crippen molar-refractivity contribution < 1.29 is 27.1 Å². The van der Waals surface area contributed by atoms with Crippen molar-refractivity contribution in [3.63, 3.8) is 0 Å². The largest absolute Gasteiger partial charge is 0.451 e. The van der Waals surface area contributed by atoms with E-state index in [4.69, 9.17) is 4.74 Å². The Hall–Kier alpha value is -2.37. The molecule has 0 saturated carbocycles. The van der Waals surface area contributed by atoms with Crippen LogP contribution in [0.1, 0.15) is 17.3 Å². The Labute approximate surface area is 111 Å². The Kier molecular flexibility index (Phi) is 3.74. The van der Waals surface area contributed by atoms with E-state index in [0.29, 0.717) is 5.56 Å². The highest BCUT2D eigenvalue weighted by atomic mass is 19.2. The lowest BCUT2D eigenvalue weighted by atomic mass is 10.1. The molecule has 2 nitrogen and oxygen atoms in total. The van der Waals surface area contributed by atoms with Gasteiger partial charge in [0.05, 0.1) is 0 Å². The van der Waals surface area contributed by atoms with Crippen LogP contribution >= 0.6 is 0 Å². The summed E-state index contributed by atoms with van der Waals surface area (Å²) >= 11 is 0. The van der Waals surface area contributed by atoms with Crippen molar-refractivity contribution in [1.29, 1.82) is 0 Å². The van der Waals surface area contributed by atoms with Gasteiger partial charge in [0.1, 0.15) is 5.75 Å².